The van der Waals surface area contributed by atoms with Gasteiger partial charge < -0.3 is 24.9 Å². The first-order chi connectivity index (χ1) is 10.0. The van der Waals surface area contributed by atoms with Crippen LogP contribution in [0.2, 0.25) is 0 Å². The van der Waals surface area contributed by atoms with E-state index in [0.717, 1.165) is 21.8 Å². The lowest BCUT2D eigenvalue weighted by Gasteiger charge is -2.32. The molecule has 1 aliphatic rings. The van der Waals surface area contributed by atoms with Gasteiger partial charge in [0.25, 0.3) is 5.91 Å². The van der Waals surface area contributed by atoms with E-state index in [1.165, 1.54) is 0 Å². The van der Waals surface area contributed by atoms with Crippen molar-refractivity contribution < 1.29 is 24.3 Å². The molecule has 21 heavy (non-hydrogen) atoms. The summed E-state index contributed by atoms with van der Waals surface area (Å²) in [5.74, 6) is -0.595. The topological polar surface area (TPSA) is 82.9 Å². The molecule has 0 aliphatic carbocycles. The predicted molar refractivity (Wildman–Crippen MR) is 73.7 cm³/mol. The van der Waals surface area contributed by atoms with Crippen molar-refractivity contribution in [2.45, 2.75) is 25.9 Å². The summed E-state index contributed by atoms with van der Waals surface area (Å²) in [5.41, 5.74) is 2.08. The van der Waals surface area contributed by atoms with Crippen molar-refractivity contribution in [3.63, 3.8) is 0 Å². The molecule has 2 unspecified atom stereocenters. The predicted octanol–water partition coefficient (Wildman–Crippen LogP) is -1.97. The molecule has 0 spiro atoms. The van der Waals surface area contributed by atoms with E-state index in [9.17, 15) is 14.7 Å². The zero-order valence-corrected chi connectivity index (χ0v) is 12.3. The van der Waals surface area contributed by atoms with Gasteiger partial charge in [-0.3, -0.25) is 4.79 Å². The van der Waals surface area contributed by atoms with E-state index in [0.29, 0.717) is 19.6 Å². The first-order valence-corrected chi connectivity index (χ1v) is 6.97. The normalized spacial score (nSPS) is 21.7. The molecule has 1 saturated heterocycles. The molecule has 1 aliphatic heterocycles. The third kappa shape index (κ3) is 3.72. The molecule has 6 nitrogen and oxygen atoms in total. The summed E-state index contributed by atoms with van der Waals surface area (Å²) < 4.78 is 5.22. The number of aliphatic carboxylic acids is 1. The van der Waals surface area contributed by atoms with Gasteiger partial charge in [0.15, 0.2) is 6.04 Å². The minimum Gasteiger partial charge on any atom is -0.550 e. The molecule has 1 aromatic rings. The number of amides is 1. The van der Waals surface area contributed by atoms with Gasteiger partial charge in [-0.2, -0.15) is 0 Å². The Morgan fingerprint density at radius 3 is 2.90 bits per heavy atom. The number of methoxy groups -OCH3 is 1. The van der Waals surface area contributed by atoms with Gasteiger partial charge in [-0.05, 0) is 30.7 Å². The van der Waals surface area contributed by atoms with Crippen LogP contribution in [0.1, 0.15) is 17.5 Å². The van der Waals surface area contributed by atoms with Crippen LogP contribution >= 0.6 is 0 Å². The number of carboxylic acids is 1. The molecular weight excluding hydrogens is 272 g/mol. The number of nitrogens with one attached hydrogen (secondary N) is 2. The van der Waals surface area contributed by atoms with Crippen molar-refractivity contribution in [3.8, 4) is 5.75 Å². The number of hydrogen-bond acceptors (Lipinski definition) is 4. The molecule has 114 valence electrons. The van der Waals surface area contributed by atoms with E-state index in [4.69, 9.17) is 4.74 Å². The lowest BCUT2D eigenvalue weighted by molar-refractivity contribution is -0.930. The second kappa shape index (κ2) is 6.58. The highest BCUT2D eigenvalue weighted by Crippen LogP contribution is 2.18. The molecule has 2 N–H and O–H groups in total. The van der Waals surface area contributed by atoms with Crippen LogP contribution in [0.15, 0.2) is 18.2 Å². The average molecular weight is 292 g/mol. The Balaban J connectivity index is 2.13. The summed E-state index contributed by atoms with van der Waals surface area (Å²) in [6.45, 7) is 3.83. The van der Waals surface area contributed by atoms with Gasteiger partial charge in [0.2, 0.25) is 0 Å². The average Bonchev–Trinajstić information content (AvgIpc) is 2.42. The molecule has 6 heteroatoms. The molecule has 2 atom stereocenters. The number of aryl methyl sites for hydroxylation is 1. The SMILES string of the molecule is COc1ccc(C[NH+]2CCNC(=O)C2CC(=O)[O-])cc1C. The number of carbonyl (C=O) groups is 2. The second-order valence-electron chi connectivity index (χ2n) is 5.31. The van der Waals surface area contributed by atoms with Crippen LogP contribution in [-0.4, -0.2) is 38.1 Å². The number of hydrogen-bond donors (Lipinski definition) is 2. The van der Waals surface area contributed by atoms with Crippen LogP contribution in [0.5, 0.6) is 5.75 Å². The number of ether oxygens (including phenoxy) is 1. The third-order valence-corrected chi connectivity index (χ3v) is 3.82. The van der Waals surface area contributed by atoms with Crippen LogP contribution in [0.3, 0.4) is 0 Å². The molecule has 1 heterocycles. The highest BCUT2D eigenvalue weighted by atomic mass is 16.5. The third-order valence-electron chi connectivity index (χ3n) is 3.82. The molecular formula is C15H20N2O4. The van der Waals surface area contributed by atoms with Gasteiger partial charge in [0, 0.05) is 18.0 Å². The second-order valence-corrected chi connectivity index (χ2v) is 5.31. The van der Waals surface area contributed by atoms with Gasteiger partial charge in [0.1, 0.15) is 12.3 Å². The van der Waals surface area contributed by atoms with Gasteiger partial charge in [-0.1, -0.05) is 0 Å². The summed E-state index contributed by atoms with van der Waals surface area (Å²) in [5, 5.41) is 13.5. The Kier molecular flexibility index (Phi) is 4.80. The number of quaternary nitrogens is 1. The van der Waals surface area contributed by atoms with Crippen molar-refractivity contribution in [2.75, 3.05) is 20.2 Å². The maximum atomic E-state index is 11.9. The highest BCUT2D eigenvalue weighted by Gasteiger charge is 2.33. The Morgan fingerprint density at radius 1 is 1.52 bits per heavy atom. The van der Waals surface area contributed by atoms with Crippen molar-refractivity contribution in [1.29, 1.82) is 0 Å². The van der Waals surface area contributed by atoms with E-state index in [1.807, 2.05) is 25.1 Å². The summed E-state index contributed by atoms with van der Waals surface area (Å²) in [7, 11) is 1.62. The maximum Gasteiger partial charge on any atom is 0.278 e. The lowest BCUT2D eigenvalue weighted by atomic mass is 10.1. The summed E-state index contributed by atoms with van der Waals surface area (Å²) >= 11 is 0. The number of rotatable bonds is 5. The number of carboxylic acid groups (broad SMARTS) is 1. The van der Waals surface area contributed by atoms with Crippen molar-refractivity contribution >= 4 is 11.9 Å². The minimum absolute atomic E-state index is 0.217. The van der Waals surface area contributed by atoms with E-state index in [2.05, 4.69) is 5.32 Å². The van der Waals surface area contributed by atoms with Crippen molar-refractivity contribution in [3.05, 3.63) is 29.3 Å². The summed E-state index contributed by atoms with van der Waals surface area (Å²) in [6, 6.07) is 5.25. The number of piperazine rings is 1. The Morgan fingerprint density at radius 2 is 2.29 bits per heavy atom. The van der Waals surface area contributed by atoms with Gasteiger partial charge in [-0.15, -0.1) is 0 Å². The highest BCUT2D eigenvalue weighted by molar-refractivity contribution is 5.84. The Bertz CT molecular complexity index is 544. The van der Waals surface area contributed by atoms with E-state index < -0.39 is 12.0 Å². The monoisotopic (exact) mass is 292 g/mol. The largest absolute Gasteiger partial charge is 0.550 e. The molecule has 0 saturated carbocycles. The van der Waals surface area contributed by atoms with Gasteiger partial charge >= 0.3 is 0 Å². The minimum atomic E-state index is -1.19. The molecule has 0 radical (unpaired) electrons. The van der Waals surface area contributed by atoms with Crippen LogP contribution < -0.4 is 20.1 Å². The van der Waals surface area contributed by atoms with Crippen molar-refractivity contribution in [1.82, 2.24) is 5.32 Å². The fraction of sp³-hybridized carbons (Fsp3) is 0.467. The number of carbonyl (C=O) groups excluding carboxylic acids is 2. The van der Waals surface area contributed by atoms with Gasteiger partial charge in [-0.25, -0.2) is 0 Å². The van der Waals surface area contributed by atoms with Crippen LogP contribution in [0.25, 0.3) is 0 Å². The standard InChI is InChI=1S/C15H20N2O4/c1-10-7-11(3-4-13(10)21-2)9-17-6-5-16-15(20)12(17)8-14(18)19/h3-4,7,12H,5-6,8-9H2,1-2H3,(H,16,20)(H,18,19). The van der Waals surface area contributed by atoms with E-state index >= 15 is 0 Å². The van der Waals surface area contributed by atoms with E-state index in [1.54, 1.807) is 7.11 Å². The van der Waals surface area contributed by atoms with Crippen molar-refractivity contribution in [2.24, 2.45) is 0 Å². The van der Waals surface area contributed by atoms with Crippen LogP contribution in [0, 0.1) is 6.92 Å². The fourth-order valence-corrected chi connectivity index (χ4v) is 2.76. The maximum absolute atomic E-state index is 11.9. The number of benzene rings is 1. The molecule has 2 rings (SSSR count). The van der Waals surface area contributed by atoms with E-state index in [-0.39, 0.29) is 12.3 Å². The molecule has 1 aromatic carbocycles. The van der Waals surface area contributed by atoms with Crippen LogP contribution in [-0.2, 0) is 16.1 Å². The summed E-state index contributed by atoms with van der Waals surface area (Å²) in [4.78, 5) is 23.6. The summed E-state index contributed by atoms with van der Waals surface area (Å²) in [6.07, 6.45) is -0.254. The zero-order valence-electron chi connectivity index (χ0n) is 12.3. The zero-order chi connectivity index (χ0) is 15.4. The quantitative estimate of drug-likeness (QED) is 0.659. The first kappa shape index (κ1) is 15.3. The fourth-order valence-electron chi connectivity index (χ4n) is 2.76. The molecule has 1 fully saturated rings. The first-order valence-electron chi connectivity index (χ1n) is 6.97. The molecule has 0 bridgehead atoms. The van der Waals surface area contributed by atoms with Gasteiger partial charge in [0.05, 0.1) is 20.2 Å². The smallest absolute Gasteiger partial charge is 0.278 e. The Labute approximate surface area is 123 Å². The van der Waals surface area contributed by atoms with Crippen LogP contribution in [0.4, 0.5) is 0 Å². The Hall–Kier alpha value is -2.08. The molecule has 1 amide bonds. The lowest BCUT2D eigenvalue weighted by Crippen LogP contribution is -3.18. The molecule has 0 aromatic heterocycles.